The van der Waals surface area contributed by atoms with Gasteiger partial charge in [-0.05, 0) is 12.8 Å². The lowest BCUT2D eigenvalue weighted by Crippen LogP contribution is -2.26. The highest BCUT2D eigenvalue weighted by Crippen LogP contribution is 2.13. The Morgan fingerprint density at radius 3 is 3.00 bits per heavy atom. The molecule has 72 valence electrons. The Morgan fingerprint density at radius 2 is 2.42 bits per heavy atom. The van der Waals surface area contributed by atoms with E-state index in [-0.39, 0.29) is 12.2 Å². The molecule has 2 atom stereocenters. The van der Waals surface area contributed by atoms with Gasteiger partial charge in [0.1, 0.15) is 6.10 Å². The van der Waals surface area contributed by atoms with Crippen LogP contribution in [-0.4, -0.2) is 37.1 Å². The van der Waals surface area contributed by atoms with Gasteiger partial charge in [-0.2, -0.15) is 0 Å². The summed E-state index contributed by atoms with van der Waals surface area (Å²) in [5.41, 5.74) is 0. The van der Waals surface area contributed by atoms with Gasteiger partial charge in [-0.25, -0.2) is 0 Å². The topological polar surface area (TPSA) is 38.7 Å². The standard InChI is InChI=1S/C9H18O3/c1-2-3-5-11-7-9-8(10)4-6-12-9/h8-10H,2-7H2,1H3/t8-,9-/m0/s1. The molecule has 3 heteroatoms. The van der Waals surface area contributed by atoms with Crippen molar-refractivity contribution in [3.8, 4) is 0 Å². The highest BCUT2D eigenvalue weighted by molar-refractivity contribution is 4.74. The van der Waals surface area contributed by atoms with Gasteiger partial charge >= 0.3 is 0 Å². The Bertz CT molecular complexity index is 116. The first-order chi connectivity index (χ1) is 5.84. The average Bonchev–Trinajstić information content (AvgIpc) is 2.46. The first kappa shape index (κ1) is 9.96. The van der Waals surface area contributed by atoms with E-state index in [2.05, 4.69) is 6.92 Å². The van der Waals surface area contributed by atoms with E-state index in [1.54, 1.807) is 0 Å². The maximum atomic E-state index is 9.34. The second-order valence-electron chi connectivity index (χ2n) is 3.19. The third-order valence-corrected chi connectivity index (χ3v) is 2.10. The fraction of sp³-hybridized carbons (Fsp3) is 1.00. The molecule has 0 aromatic rings. The van der Waals surface area contributed by atoms with E-state index >= 15 is 0 Å². The Balaban J connectivity index is 1.98. The van der Waals surface area contributed by atoms with Gasteiger partial charge < -0.3 is 14.6 Å². The first-order valence-corrected chi connectivity index (χ1v) is 4.72. The van der Waals surface area contributed by atoms with Crippen molar-refractivity contribution >= 4 is 0 Å². The van der Waals surface area contributed by atoms with E-state index in [9.17, 15) is 5.11 Å². The molecule has 12 heavy (non-hydrogen) atoms. The van der Waals surface area contributed by atoms with Crippen LogP contribution in [0.15, 0.2) is 0 Å². The van der Waals surface area contributed by atoms with Crippen molar-refractivity contribution in [2.24, 2.45) is 0 Å². The zero-order valence-electron chi connectivity index (χ0n) is 7.66. The number of hydrogen-bond acceptors (Lipinski definition) is 3. The second kappa shape index (κ2) is 5.51. The quantitative estimate of drug-likeness (QED) is 0.631. The zero-order valence-corrected chi connectivity index (χ0v) is 7.66. The minimum Gasteiger partial charge on any atom is -0.390 e. The summed E-state index contributed by atoms with van der Waals surface area (Å²) in [6.45, 7) is 4.12. The molecule has 1 N–H and O–H groups in total. The number of hydrogen-bond donors (Lipinski definition) is 1. The molecule has 0 bridgehead atoms. The van der Waals surface area contributed by atoms with Gasteiger partial charge in [0.15, 0.2) is 0 Å². The van der Waals surface area contributed by atoms with Crippen LogP contribution in [0.3, 0.4) is 0 Å². The molecule has 1 aliphatic rings. The number of ether oxygens (including phenoxy) is 2. The van der Waals surface area contributed by atoms with Crippen molar-refractivity contribution in [3.05, 3.63) is 0 Å². The monoisotopic (exact) mass is 174 g/mol. The van der Waals surface area contributed by atoms with Crippen LogP contribution >= 0.6 is 0 Å². The largest absolute Gasteiger partial charge is 0.390 e. The van der Waals surface area contributed by atoms with Gasteiger partial charge in [-0.15, -0.1) is 0 Å². The van der Waals surface area contributed by atoms with Gasteiger partial charge in [-0.1, -0.05) is 13.3 Å². The molecular formula is C9H18O3. The zero-order chi connectivity index (χ0) is 8.81. The Labute approximate surface area is 73.7 Å². The van der Waals surface area contributed by atoms with Crippen molar-refractivity contribution < 1.29 is 14.6 Å². The lowest BCUT2D eigenvalue weighted by Gasteiger charge is -2.13. The molecule has 0 aromatic carbocycles. The Hall–Kier alpha value is -0.120. The van der Waals surface area contributed by atoms with E-state index in [1.807, 2.05) is 0 Å². The van der Waals surface area contributed by atoms with Crippen LogP contribution < -0.4 is 0 Å². The maximum absolute atomic E-state index is 9.34. The number of aliphatic hydroxyl groups excluding tert-OH is 1. The average molecular weight is 174 g/mol. The predicted molar refractivity (Wildman–Crippen MR) is 46.1 cm³/mol. The lowest BCUT2D eigenvalue weighted by atomic mass is 10.2. The van der Waals surface area contributed by atoms with E-state index < -0.39 is 0 Å². The van der Waals surface area contributed by atoms with Gasteiger partial charge in [0.05, 0.1) is 12.7 Å². The predicted octanol–water partition coefficient (Wildman–Crippen LogP) is 0.953. The van der Waals surface area contributed by atoms with Gasteiger partial charge in [0.25, 0.3) is 0 Å². The summed E-state index contributed by atoms with van der Waals surface area (Å²) in [6, 6.07) is 0. The molecular weight excluding hydrogens is 156 g/mol. The summed E-state index contributed by atoms with van der Waals surface area (Å²) in [6.07, 6.45) is 2.59. The minimum absolute atomic E-state index is 0.0816. The van der Waals surface area contributed by atoms with Crippen LogP contribution in [0.2, 0.25) is 0 Å². The van der Waals surface area contributed by atoms with Crippen molar-refractivity contribution in [2.45, 2.75) is 38.4 Å². The summed E-state index contributed by atoms with van der Waals surface area (Å²) in [5.74, 6) is 0. The molecule has 1 fully saturated rings. The second-order valence-corrected chi connectivity index (χ2v) is 3.19. The van der Waals surface area contributed by atoms with Crippen LogP contribution in [0, 0.1) is 0 Å². The summed E-state index contributed by atoms with van der Waals surface area (Å²) in [7, 11) is 0. The Kier molecular flexibility index (Phi) is 4.58. The van der Waals surface area contributed by atoms with Gasteiger partial charge in [0.2, 0.25) is 0 Å². The third-order valence-electron chi connectivity index (χ3n) is 2.10. The smallest absolute Gasteiger partial charge is 0.107 e. The van der Waals surface area contributed by atoms with Crippen LogP contribution in [0.5, 0.6) is 0 Å². The van der Waals surface area contributed by atoms with Gasteiger partial charge in [0, 0.05) is 13.2 Å². The summed E-state index contributed by atoms with van der Waals surface area (Å²) in [4.78, 5) is 0. The molecule has 3 nitrogen and oxygen atoms in total. The van der Waals surface area contributed by atoms with Crippen LogP contribution in [0.4, 0.5) is 0 Å². The third kappa shape index (κ3) is 3.09. The molecule has 0 spiro atoms. The molecule has 1 saturated heterocycles. The van der Waals surface area contributed by atoms with Crippen molar-refractivity contribution in [1.29, 1.82) is 0 Å². The summed E-state index contributed by atoms with van der Waals surface area (Å²) < 4.78 is 10.6. The molecule has 0 radical (unpaired) electrons. The van der Waals surface area contributed by atoms with Crippen LogP contribution in [0.1, 0.15) is 26.2 Å². The molecule has 1 heterocycles. The van der Waals surface area contributed by atoms with Crippen LogP contribution in [0.25, 0.3) is 0 Å². The fourth-order valence-corrected chi connectivity index (χ4v) is 1.24. The maximum Gasteiger partial charge on any atom is 0.107 e. The summed E-state index contributed by atoms with van der Waals surface area (Å²) >= 11 is 0. The van der Waals surface area contributed by atoms with Gasteiger partial charge in [-0.3, -0.25) is 0 Å². The molecule has 1 aliphatic heterocycles. The number of aliphatic hydroxyl groups is 1. The molecule has 0 unspecified atom stereocenters. The van der Waals surface area contributed by atoms with E-state index in [1.165, 1.54) is 0 Å². The van der Waals surface area contributed by atoms with Crippen molar-refractivity contribution in [2.75, 3.05) is 19.8 Å². The number of unbranched alkanes of at least 4 members (excludes halogenated alkanes) is 1. The van der Waals surface area contributed by atoms with E-state index in [0.717, 1.165) is 25.9 Å². The first-order valence-electron chi connectivity index (χ1n) is 4.72. The normalized spacial score (nSPS) is 29.5. The van der Waals surface area contributed by atoms with Crippen molar-refractivity contribution in [1.82, 2.24) is 0 Å². The molecule has 0 aliphatic carbocycles. The minimum atomic E-state index is -0.313. The molecule has 1 rings (SSSR count). The number of rotatable bonds is 5. The fourth-order valence-electron chi connectivity index (χ4n) is 1.24. The summed E-state index contributed by atoms with van der Waals surface area (Å²) in [5, 5.41) is 9.34. The lowest BCUT2D eigenvalue weighted by molar-refractivity contribution is -0.0244. The van der Waals surface area contributed by atoms with E-state index in [4.69, 9.17) is 9.47 Å². The molecule has 0 aromatic heterocycles. The Morgan fingerprint density at radius 1 is 1.58 bits per heavy atom. The van der Waals surface area contributed by atoms with Crippen LogP contribution in [-0.2, 0) is 9.47 Å². The van der Waals surface area contributed by atoms with Crippen molar-refractivity contribution in [3.63, 3.8) is 0 Å². The molecule has 0 amide bonds. The molecule has 0 saturated carbocycles. The highest BCUT2D eigenvalue weighted by Gasteiger charge is 2.25. The SMILES string of the molecule is CCCCOC[C@@H]1OCC[C@@H]1O. The van der Waals surface area contributed by atoms with E-state index in [0.29, 0.717) is 13.2 Å². The highest BCUT2D eigenvalue weighted by atomic mass is 16.5.